The van der Waals surface area contributed by atoms with Crippen molar-refractivity contribution >= 4 is 22.6 Å². The Labute approximate surface area is 128 Å². The molecule has 3 aromatic rings. The van der Waals surface area contributed by atoms with Crippen LogP contribution in [0.1, 0.15) is 23.9 Å². The van der Waals surface area contributed by atoms with Gasteiger partial charge in [-0.05, 0) is 19.1 Å². The fourth-order valence-corrected chi connectivity index (χ4v) is 2.57. The van der Waals surface area contributed by atoms with Gasteiger partial charge in [0.25, 0.3) is 0 Å². The van der Waals surface area contributed by atoms with Gasteiger partial charge >= 0.3 is 0 Å². The smallest absolute Gasteiger partial charge is 0.128 e. The molecule has 0 aliphatic rings. The summed E-state index contributed by atoms with van der Waals surface area (Å²) in [6.45, 7) is 2.55. The highest BCUT2D eigenvalue weighted by Crippen LogP contribution is 2.27. The van der Waals surface area contributed by atoms with Crippen LogP contribution < -0.4 is 4.74 Å². The second-order valence-corrected chi connectivity index (χ2v) is 5.64. The fraction of sp³-hybridized carbons (Fsp3) is 0.333. The van der Waals surface area contributed by atoms with Gasteiger partial charge in [-0.15, -0.1) is 11.6 Å². The van der Waals surface area contributed by atoms with E-state index >= 15 is 0 Å². The van der Waals surface area contributed by atoms with Crippen LogP contribution in [0.4, 0.5) is 0 Å². The van der Waals surface area contributed by atoms with E-state index in [1.807, 2.05) is 42.9 Å². The molecule has 2 aromatic heterocycles. The highest BCUT2D eigenvalue weighted by molar-refractivity contribution is 6.20. The zero-order valence-electron chi connectivity index (χ0n) is 12.2. The number of fused-ring (bicyclic) bond motifs is 1. The van der Waals surface area contributed by atoms with E-state index in [9.17, 15) is 0 Å². The minimum Gasteiger partial charge on any atom is -0.497 e. The quantitative estimate of drug-likeness (QED) is 0.696. The van der Waals surface area contributed by atoms with Gasteiger partial charge in [-0.25, -0.2) is 9.97 Å². The van der Waals surface area contributed by atoms with Crippen molar-refractivity contribution in [1.29, 1.82) is 0 Å². The summed E-state index contributed by atoms with van der Waals surface area (Å²) in [6.07, 6.45) is 3.72. The van der Waals surface area contributed by atoms with E-state index in [2.05, 4.69) is 14.5 Å². The summed E-state index contributed by atoms with van der Waals surface area (Å²) in [5.41, 5.74) is 1.91. The summed E-state index contributed by atoms with van der Waals surface area (Å²) >= 11 is 6.29. The Morgan fingerprint density at radius 1 is 1.38 bits per heavy atom. The lowest BCUT2D eigenvalue weighted by Crippen LogP contribution is -2.09. The molecule has 0 saturated heterocycles. The van der Waals surface area contributed by atoms with Crippen molar-refractivity contribution in [3.63, 3.8) is 0 Å². The first-order valence-electron chi connectivity index (χ1n) is 6.74. The predicted molar refractivity (Wildman–Crippen MR) is 82.9 cm³/mol. The minimum atomic E-state index is -0.177. The van der Waals surface area contributed by atoms with Gasteiger partial charge in [0.2, 0.25) is 0 Å². The molecule has 0 radical (unpaired) electrons. The molecule has 21 heavy (non-hydrogen) atoms. The van der Waals surface area contributed by atoms with Gasteiger partial charge in [-0.1, -0.05) is 0 Å². The average Bonchev–Trinajstić information content (AvgIpc) is 3.03. The molecule has 0 bridgehead atoms. The number of aromatic nitrogens is 4. The molecule has 0 amide bonds. The largest absolute Gasteiger partial charge is 0.497 e. The van der Waals surface area contributed by atoms with E-state index in [4.69, 9.17) is 16.3 Å². The van der Waals surface area contributed by atoms with E-state index in [-0.39, 0.29) is 5.38 Å². The van der Waals surface area contributed by atoms with Gasteiger partial charge < -0.3 is 13.9 Å². The Morgan fingerprint density at radius 3 is 2.81 bits per heavy atom. The molecule has 1 aromatic carbocycles. The van der Waals surface area contributed by atoms with Crippen LogP contribution in [0.25, 0.3) is 11.0 Å². The normalized spacial score (nSPS) is 12.8. The number of benzene rings is 1. The van der Waals surface area contributed by atoms with Crippen LogP contribution in [0.3, 0.4) is 0 Å². The number of imidazole rings is 2. The van der Waals surface area contributed by atoms with Gasteiger partial charge in [-0.3, -0.25) is 0 Å². The molecule has 0 spiro atoms. The van der Waals surface area contributed by atoms with E-state index in [0.29, 0.717) is 6.54 Å². The summed E-state index contributed by atoms with van der Waals surface area (Å²) in [6, 6.07) is 5.84. The molecule has 0 fully saturated rings. The van der Waals surface area contributed by atoms with Gasteiger partial charge in [-0.2, -0.15) is 0 Å². The summed E-state index contributed by atoms with van der Waals surface area (Å²) < 4.78 is 9.40. The molecular weight excluding hydrogens is 288 g/mol. The Kier molecular flexibility index (Phi) is 3.59. The molecule has 2 heterocycles. The molecule has 6 heteroatoms. The number of alkyl halides is 1. The maximum Gasteiger partial charge on any atom is 0.128 e. The van der Waals surface area contributed by atoms with Crippen molar-refractivity contribution in [2.75, 3.05) is 7.11 Å². The lowest BCUT2D eigenvalue weighted by atomic mass is 10.3. The van der Waals surface area contributed by atoms with Crippen LogP contribution in [0, 0.1) is 0 Å². The van der Waals surface area contributed by atoms with Crippen LogP contribution in [-0.2, 0) is 13.6 Å². The molecule has 0 N–H and O–H groups in total. The van der Waals surface area contributed by atoms with Crippen LogP contribution in [-0.4, -0.2) is 26.2 Å². The average molecular weight is 305 g/mol. The Bertz CT molecular complexity index is 775. The molecule has 0 aliphatic carbocycles. The summed E-state index contributed by atoms with van der Waals surface area (Å²) in [5, 5.41) is -0.177. The maximum atomic E-state index is 6.29. The lowest BCUT2D eigenvalue weighted by molar-refractivity contribution is 0.415. The first-order valence-corrected chi connectivity index (χ1v) is 7.18. The fourth-order valence-electron chi connectivity index (χ4n) is 2.41. The third-order valence-electron chi connectivity index (χ3n) is 3.56. The first-order chi connectivity index (χ1) is 10.1. The molecule has 0 aliphatic heterocycles. The monoisotopic (exact) mass is 304 g/mol. The van der Waals surface area contributed by atoms with Gasteiger partial charge in [0.15, 0.2) is 0 Å². The van der Waals surface area contributed by atoms with Crippen molar-refractivity contribution in [2.24, 2.45) is 7.05 Å². The first kappa shape index (κ1) is 13.9. The van der Waals surface area contributed by atoms with Gasteiger partial charge in [0.05, 0.1) is 30.1 Å². The lowest BCUT2D eigenvalue weighted by Gasteiger charge is -2.11. The number of ether oxygens (including phenoxy) is 1. The van der Waals surface area contributed by atoms with Crippen molar-refractivity contribution in [3.8, 4) is 5.75 Å². The minimum absolute atomic E-state index is 0.177. The van der Waals surface area contributed by atoms with Crippen LogP contribution in [0.2, 0.25) is 0 Å². The molecule has 110 valence electrons. The molecule has 1 atom stereocenters. The van der Waals surface area contributed by atoms with Crippen LogP contribution >= 0.6 is 11.6 Å². The third-order valence-corrected chi connectivity index (χ3v) is 3.76. The van der Waals surface area contributed by atoms with Crippen LogP contribution in [0.15, 0.2) is 30.6 Å². The predicted octanol–water partition coefficient (Wildman–Crippen LogP) is 3.13. The zero-order valence-corrected chi connectivity index (χ0v) is 13.0. The second kappa shape index (κ2) is 5.41. The standard InChI is InChI=1S/C15H17ClN4O/c1-10(16)15-18-12-5-4-11(21-3)8-13(12)20(15)9-14-17-6-7-19(14)2/h4-8,10H,9H2,1-3H3. The number of halogens is 1. The number of nitrogens with zero attached hydrogens (tertiary/aromatic N) is 4. The zero-order chi connectivity index (χ0) is 15.0. The number of methoxy groups -OCH3 is 1. The number of rotatable bonds is 4. The molecule has 0 saturated carbocycles. The van der Waals surface area contributed by atoms with E-state index in [1.165, 1.54) is 0 Å². The maximum absolute atomic E-state index is 6.29. The summed E-state index contributed by atoms with van der Waals surface area (Å²) in [7, 11) is 3.64. The molecule has 5 nitrogen and oxygen atoms in total. The SMILES string of the molecule is COc1ccc2nc(C(C)Cl)n(Cc3nccn3C)c2c1. The summed E-state index contributed by atoms with van der Waals surface area (Å²) in [4.78, 5) is 9.02. The Balaban J connectivity index is 2.17. The molecule has 3 rings (SSSR count). The van der Waals surface area contributed by atoms with Crippen molar-refractivity contribution in [2.45, 2.75) is 18.8 Å². The van der Waals surface area contributed by atoms with E-state index < -0.39 is 0 Å². The Hall–Kier alpha value is -2.01. The highest BCUT2D eigenvalue weighted by Gasteiger charge is 2.17. The highest BCUT2D eigenvalue weighted by atomic mass is 35.5. The second-order valence-electron chi connectivity index (χ2n) is 4.98. The van der Waals surface area contributed by atoms with Crippen molar-refractivity contribution in [3.05, 3.63) is 42.2 Å². The number of aryl methyl sites for hydroxylation is 1. The van der Waals surface area contributed by atoms with Crippen molar-refractivity contribution < 1.29 is 4.74 Å². The van der Waals surface area contributed by atoms with E-state index in [1.54, 1.807) is 13.3 Å². The number of hydrogen-bond donors (Lipinski definition) is 0. The van der Waals surface area contributed by atoms with E-state index in [0.717, 1.165) is 28.4 Å². The van der Waals surface area contributed by atoms with Crippen molar-refractivity contribution in [1.82, 2.24) is 19.1 Å². The van der Waals surface area contributed by atoms with Gasteiger partial charge in [0.1, 0.15) is 17.4 Å². The molecule has 1 unspecified atom stereocenters. The molecular formula is C15H17ClN4O. The Morgan fingerprint density at radius 2 is 2.19 bits per heavy atom. The third kappa shape index (κ3) is 2.49. The van der Waals surface area contributed by atoms with Crippen LogP contribution in [0.5, 0.6) is 5.75 Å². The number of hydrogen-bond acceptors (Lipinski definition) is 3. The summed E-state index contributed by atoms with van der Waals surface area (Å²) in [5.74, 6) is 2.59. The topological polar surface area (TPSA) is 44.9 Å². The van der Waals surface area contributed by atoms with Gasteiger partial charge in [0, 0.05) is 25.5 Å².